The molecule has 104 valence electrons. The second kappa shape index (κ2) is 6.41. The number of benzene rings is 1. The Hall–Kier alpha value is -0.330. The van der Waals surface area contributed by atoms with Crippen molar-refractivity contribution in [3.63, 3.8) is 0 Å². The number of amides is 1. The average Bonchev–Trinajstić information content (AvgIpc) is 2.36. The molecular weight excluding hydrogens is 375 g/mol. The molecule has 1 aliphatic rings. The van der Waals surface area contributed by atoms with Gasteiger partial charge in [-0.3, -0.25) is 4.79 Å². The van der Waals surface area contributed by atoms with E-state index in [1.165, 1.54) is 0 Å². The minimum absolute atomic E-state index is 0.0198. The molecule has 2 atom stereocenters. The van der Waals surface area contributed by atoms with Gasteiger partial charge in [0.2, 0.25) is 0 Å². The molecule has 0 spiro atoms. The zero-order chi connectivity index (χ0) is 14.0. The fraction of sp³-hybridized carbons (Fsp3) is 0.500. The van der Waals surface area contributed by atoms with Crippen LogP contribution in [0.4, 0.5) is 0 Å². The maximum Gasteiger partial charge on any atom is 0.252 e. The summed E-state index contributed by atoms with van der Waals surface area (Å²) in [6.07, 6.45) is 2.00. The number of piperidine rings is 1. The highest BCUT2D eigenvalue weighted by Crippen LogP contribution is 2.20. The number of nitrogens with one attached hydrogen (secondary N) is 1. The van der Waals surface area contributed by atoms with Gasteiger partial charge in [0.1, 0.15) is 0 Å². The third-order valence-electron chi connectivity index (χ3n) is 3.72. The number of likely N-dealkylation sites (tertiary alicyclic amines) is 1. The summed E-state index contributed by atoms with van der Waals surface area (Å²) in [5.41, 5.74) is 0.666. The average molecular weight is 393 g/mol. The SMILES string of the molecule is CC1CC(NC(=O)c2cc(Cl)ccc2I)CCN1C. The lowest BCUT2D eigenvalue weighted by atomic mass is 9.98. The Kier molecular flexibility index (Phi) is 5.09. The molecule has 1 N–H and O–H groups in total. The van der Waals surface area contributed by atoms with E-state index in [2.05, 4.69) is 46.8 Å². The Bertz CT molecular complexity index is 481. The maximum atomic E-state index is 12.3. The molecule has 1 saturated heterocycles. The van der Waals surface area contributed by atoms with E-state index in [0.29, 0.717) is 16.6 Å². The van der Waals surface area contributed by atoms with E-state index in [1.807, 2.05) is 6.07 Å². The molecular formula is C14H18ClIN2O. The summed E-state index contributed by atoms with van der Waals surface area (Å²) in [6.45, 7) is 3.22. The molecule has 3 nitrogen and oxygen atoms in total. The molecule has 1 heterocycles. The van der Waals surface area contributed by atoms with Crippen LogP contribution in [-0.4, -0.2) is 36.5 Å². The Morgan fingerprint density at radius 3 is 2.95 bits per heavy atom. The zero-order valence-corrected chi connectivity index (χ0v) is 14.0. The summed E-state index contributed by atoms with van der Waals surface area (Å²) in [4.78, 5) is 14.6. The van der Waals surface area contributed by atoms with Crippen molar-refractivity contribution in [2.75, 3.05) is 13.6 Å². The molecule has 1 aliphatic heterocycles. The van der Waals surface area contributed by atoms with Crippen LogP contribution in [-0.2, 0) is 0 Å². The molecule has 2 rings (SSSR count). The zero-order valence-electron chi connectivity index (χ0n) is 11.1. The van der Waals surface area contributed by atoms with Gasteiger partial charge in [0.15, 0.2) is 0 Å². The van der Waals surface area contributed by atoms with E-state index in [9.17, 15) is 4.79 Å². The van der Waals surface area contributed by atoms with Crippen LogP contribution in [0.5, 0.6) is 0 Å². The van der Waals surface area contributed by atoms with Gasteiger partial charge in [-0.15, -0.1) is 0 Å². The molecule has 1 aromatic rings. The van der Waals surface area contributed by atoms with Gasteiger partial charge in [0, 0.05) is 27.2 Å². The van der Waals surface area contributed by atoms with Crippen LogP contribution in [0, 0.1) is 3.57 Å². The standard InChI is InChI=1S/C14H18ClIN2O/c1-9-7-11(5-6-18(9)2)17-14(19)12-8-10(15)3-4-13(12)16/h3-4,8-9,11H,5-7H2,1-2H3,(H,17,19). The van der Waals surface area contributed by atoms with E-state index >= 15 is 0 Å². The highest BCUT2D eigenvalue weighted by molar-refractivity contribution is 14.1. The van der Waals surface area contributed by atoms with Crippen molar-refractivity contribution in [2.24, 2.45) is 0 Å². The molecule has 1 aromatic carbocycles. The third-order valence-corrected chi connectivity index (χ3v) is 4.89. The van der Waals surface area contributed by atoms with Gasteiger partial charge >= 0.3 is 0 Å². The second-order valence-electron chi connectivity index (χ2n) is 5.15. The molecule has 0 aromatic heterocycles. The van der Waals surface area contributed by atoms with Crippen molar-refractivity contribution < 1.29 is 4.79 Å². The van der Waals surface area contributed by atoms with Gasteiger partial charge in [0.25, 0.3) is 5.91 Å². The number of nitrogens with zero attached hydrogens (tertiary/aromatic N) is 1. The lowest BCUT2D eigenvalue weighted by Gasteiger charge is -2.35. The third kappa shape index (κ3) is 3.83. The van der Waals surface area contributed by atoms with E-state index in [4.69, 9.17) is 11.6 Å². The summed E-state index contributed by atoms with van der Waals surface area (Å²) < 4.78 is 0.931. The van der Waals surface area contributed by atoms with Crippen molar-refractivity contribution >= 4 is 40.1 Å². The van der Waals surface area contributed by atoms with Crippen LogP contribution in [0.15, 0.2) is 18.2 Å². The van der Waals surface area contributed by atoms with Crippen LogP contribution in [0.1, 0.15) is 30.1 Å². The van der Waals surface area contributed by atoms with Crippen LogP contribution >= 0.6 is 34.2 Å². The van der Waals surface area contributed by atoms with Gasteiger partial charge in [-0.2, -0.15) is 0 Å². The van der Waals surface area contributed by atoms with Crippen LogP contribution in [0.3, 0.4) is 0 Å². The molecule has 1 amide bonds. The van der Waals surface area contributed by atoms with Gasteiger partial charge in [0.05, 0.1) is 5.56 Å². The Morgan fingerprint density at radius 1 is 1.53 bits per heavy atom. The van der Waals surface area contributed by atoms with Crippen LogP contribution in [0.2, 0.25) is 5.02 Å². The quantitative estimate of drug-likeness (QED) is 0.784. The predicted octanol–water partition coefficient (Wildman–Crippen LogP) is 3.16. The Balaban J connectivity index is 2.03. The summed E-state index contributed by atoms with van der Waals surface area (Å²) >= 11 is 8.12. The molecule has 0 saturated carbocycles. The second-order valence-corrected chi connectivity index (χ2v) is 6.75. The first-order chi connectivity index (χ1) is 8.97. The number of hydrogen-bond acceptors (Lipinski definition) is 2. The van der Waals surface area contributed by atoms with E-state index in [-0.39, 0.29) is 11.9 Å². The summed E-state index contributed by atoms with van der Waals surface area (Å²) in [6, 6.07) is 6.18. The van der Waals surface area contributed by atoms with E-state index < -0.39 is 0 Å². The molecule has 0 radical (unpaired) electrons. The summed E-state index contributed by atoms with van der Waals surface area (Å²) in [5, 5.41) is 3.72. The largest absolute Gasteiger partial charge is 0.349 e. The number of carbonyl (C=O) groups excluding carboxylic acids is 1. The van der Waals surface area contributed by atoms with Crippen molar-refractivity contribution in [3.05, 3.63) is 32.4 Å². The topological polar surface area (TPSA) is 32.3 Å². The highest BCUT2D eigenvalue weighted by atomic mass is 127. The van der Waals surface area contributed by atoms with E-state index in [0.717, 1.165) is 23.0 Å². The summed E-state index contributed by atoms with van der Waals surface area (Å²) in [7, 11) is 2.13. The monoisotopic (exact) mass is 392 g/mol. The first-order valence-electron chi connectivity index (χ1n) is 6.43. The number of hydrogen-bond donors (Lipinski definition) is 1. The van der Waals surface area contributed by atoms with Crippen LogP contribution in [0.25, 0.3) is 0 Å². The molecule has 0 bridgehead atoms. The molecule has 1 fully saturated rings. The number of carbonyl (C=O) groups is 1. The molecule has 5 heteroatoms. The molecule has 0 aliphatic carbocycles. The van der Waals surface area contributed by atoms with Crippen molar-refractivity contribution in [2.45, 2.75) is 31.8 Å². The lowest BCUT2D eigenvalue weighted by Crippen LogP contribution is -2.47. The smallest absolute Gasteiger partial charge is 0.252 e. The fourth-order valence-corrected chi connectivity index (χ4v) is 3.11. The first-order valence-corrected chi connectivity index (χ1v) is 7.89. The fourth-order valence-electron chi connectivity index (χ4n) is 2.36. The minimum Gasteiger partial charge on any atom is -0.349 e. The molecule has 2 unspecified atom stereocenters. The van der Waals surface area contributed by atoms with Gasteiger partial charge in [-0.05, 0) is 67.6 Å². The Labute approximate surface area is 132 Å². The minimum atomic E-state index is -0.0198. The van der Waals surface area contributed by atoms with Crippen molar-refractivity contribution in [1.29, 1.82) is 0 Å². The predicted molar refractivity (Wildman–Crippen MR) is 86.7 cm³/mol. The Morgan fingerprint density at radius 2 is 2.26 bits per heavy atom. The van der Waals surface area contributed by atoms with Crippen molar-refractivity contribution in [1.82, 2.24) is 10.2 Å². The van der Waals surface area contributed by atoms with Gasteiger partial charge in [-0.1, -0.05) is 11.6 Å². The summed E-state index contributed by atoms with van der Waals surface area (Å²) in [5.74, 6) is -0.0198. The van der Waals surface area contributed by atoms with E-state index in [1.54, 1.807) is 12.1 Å². The normalized spacial score (nSPS) is 24.2. The van der Waals surface area contributed by atoms with Gasteiger partial charge < -0.3 is 10.2 Å². The van der Waals surface area contributed by atoms with Crippen LogP contribution < -0.4 is 5.32 Å². The lowest BCUT2D eigenvalue weighted by molar-refractivity contribution is 0.0895. The maximum absolute atomic E-state index is 12.3. The first kappa shape index (κ1) is 15.1. The van der Waals surface area contributed by atoms with Gasteiger partial charge in [-0.25, -0.2) is 0 Å². The highest BCUT2D eigenvalue weighted by Gasteiger charge is 2.24. The number of halogens is 2. The molecule has 19 heavy (non-hydrogen) atoms. The van der Waals surface area contributed by atoms with Crippen molar-refractivity contribution in [3.8, 4) is 0 Å². The number of rotatable bonds is 2.